The predicted octanol–water partition coefficient (Wildman–Crippen LogP) is 5.39. The molecule has 0 amide bonds. The molecule has 2 heteroatoms. The van der Waals surface area contributed by atoms with E-state index < -0.39 is 0 Å². The van der Waals surface area contributed by atoms with Crippen LogP contribution in [0.3, 0.4) is 0 Å². The Bertz CT molecular complexity index is 913. The van der Waals surface area contributed by atoms with E-state index in [0.717, 1.165) is 25.3 Å². The van der Waals surface area contributed by atoms with E-state index in [1.807, 2.05) is 0 Å². The van der Waals surface area contributed by atoms with E-state index in [0.29, 0.717) is 17.8 Å². The molecule has 2 nitrogen and oxygen atoms in total. The maximum Gasteiger partial charge on any atom is 0.122 e. The van der Waals surface area contributed by atoms with Crippen molar-refractivity contribution in [3.05, 3.63) is 102 Å². The highest BCUT2D eigenvalue weighted by Crippen LogP contribution is 2.57. The third-order valence-corrected chi connectivity index (χ3v) is 7.38. The molecule has 2 aliphatic rings. The maximum atomic E-state index is 5.75. The number of ether oxygens (including phenoxy) is 1. The van der Waals surface area contributed by atoms with Gasteiger partial charge in [-0.2, -0.15) is 0 Å². The van der Waals surface area contributed by atoms with Crippen LogP contribution in [0.5, 0.6) is 5.75 Å². The Morgan fingerprint density at radius 1 is 0.793 bits per heavy atom. The van der Waals surface area contributed by atoms with Crippen LogP contribution in [0.2, 0.25) is 0 Å². The summed E-state index contributed by atoms with van der Waals surface area (Å²) < 4.78 is 5.75. The van der Waals surface area contributed by atoms with Gasteiger partial charge >= 0.3 is 0 Å². The van der Waals surface area contributed by atoms with Gasteiger partial charge in [-0.15, -0.1) is 0 Å². The van der Waals surface area contributed by atoms with Gasteiger partial charge < -0.3 is 10.1 Å². The van der Waals surface area contributed by atoms with Crippen LogP contribution < -0.4 is 10.1 Å². The topological polar surface area (TPSA) is 21.3 Å². The van der Waals surface area contributed by atoms with Gasteiger partial charge in [0.2, 0.25) is 0 Å². The lowest BCUT2D eigenvalue weighted by Gasteiger charge is -2.49. The fraction of sp³-hybridized carbons (Fsp3) is 0.333. The molecule has 5 rings (SSSR count). The van der Waals surface area contributed by atoms with Crippen LogP contribution in [-0.4, -0.2) is 20.2 Å². The summed E-state index contributed by atoms with van der Waals surface area (Å²) in [6.07, 6.45) is 2.33. The monoisotopic (exact) mass is 383 g/mol. The minimum absolute atomic E-state index is 0.0647. The lowest BCUT2D eigenvalue weighted by Crippen LogP contribution is -2.46. The Morgan fingerprint density at radius 3 is 2.07 bits per heavy atom. The smallest absolute Gasteiger partial charge is 0.122 e. The van der Waals surface area contributed by atoms with Gasteiger partial charge in [-0.3, -0.25) is 0 Å². The molecule has 0 aromatic heterocycles. The Hall–Kier alpha value is -2.58. The molecule has 3 atom stereocenters. The summed E-state index contributed by atoms with van der Waals surface area (Å²) in [7, 11) is 1.80. The van der Waals surface area contributed by atoms with Crippen molar-refractivity contribution in [2.24, 2.45) is 11.8 Å². The van der Waals surface area contributed by atoms with Crippen molar-refractivity contribution in [1.82, 2.24) is 5.32 Å². The first-order valence-corrected chi connectivity index (χ1v) is 10.8. The average Bonchev–Trinajstić information content (AvgIpc) is 3.30. The molecular formula is C27H29NO. The first-order valence-electron chi connectivity index (χ1n) is 10.8. The van der Waals surface area contributed by atoms with Crippen LogP contribution >= 0.6 is 0 Å². The number of methoxy groups -OCH3 is 1. The van der Waals surface area contributed by atoms with Crippen molar-refractivity contribution in [2.75, 3.05) is 20.2 Å². The number of fused-ring (bicyclic) bond motifs is 1. The normalized spacial score (nSPS) is 25.3. The molecule has 1 aliphatic carbocycles. The fourth-order valence-electron chi connectivity index (χ4n) is 6.16. The molecule has 0 bridgehead atoms. The van der Waals surface area contributed by atoms with Gasteiger partial charge in [0.1, 0.15) is 5.75 Å². The largest absolute Gasteiger partial charge is 0.496 e. The van der Waals surface area contributed by atoms with E-state index in [9.17, 15) is 0 Å². The molecule has 29 heavy (non-hydrogen) atoms. The summed E-state index contributed by atoms with van der Waals surface area (Å²) in [5.74, 6) is 2.73. The van der Waals surface area contributed by atoms with E-state index in [2.05, 4.69) is 90.2 Å². The third kappa shape index (κ3) is 2.98. The van der Waals surface area contributed by atoms with Crippen LogP contribution in [-0.2, 0) is 5.41 Å². The van der Waals surface area contributed by atoms with Crippen molar-refractivity contribution in [3.63, 3.8) is 0 Å². The van der Waals surface area contributed by atoms with Gasteiger partial charge in [0.05, 0.1) is 7.11 Å². The SMILES string of the molecule is COc1ccccc1C1CCC(c2ccccc2)(c2ccccc2)C2CNCC12. The second-order valence-corrected chi connectivity index (χ2v) is 8.52. The molecule has 3 unspecified atom stereocenters. The minimum atomic E-state index is 0.0647. The predicted molar refractivity (Wildman–Crippen MR) is 118 cm³/mol. The molecule has 148 valence electrons. The summed E-state index contributed by atoms with van der Waals surface area (Å²) in [6.45, 7) is 2.15. The second-order valence-electron chi connectivity index (χ2n) is 8.52. The molecule has 3 aromatic rings. The van der Waals surface area contributed by atoms with Crippen LogP contribution in [0, 0.1) is 11.8 Å². The van der Waals surface area contributed by atoms with Gasteiger partial charge in [-0.05, 0) is 66.4 Å². The lowest BCUT2D eigenvalue weighted by molar-refractivity contribution is 0.161. The van der Waals surface area contributed by atoms with Gasteiger partial charge in [-0.1, -0.05) is 78.9 Å². The highest BCUT2D eigenvalue weighted by Gasteiger charge is 2.53. The molecule has 1 heterocycles. The summed E-state index contributed by atoms with van der Waals surface area (Å²) in [5.41, 5.74) is 4.37. The summed E-state index contributed by atoms with van der Waals surface area (Å²) >= 11 is 0. The Morgan fingerprint density at radius 2 is 1.41 bits per heavy atom. The molecular weight excluding hydrogens is 354 g/mol. The third-order valence-electron chi connectivity index (χ3n) is 7.38. The second kappa shape index (κ2) is 7.68. The van der Waals surface area contributed by atoms with Crippen molar-refractivity contribution < 1.29 is 4.74 Å². The lowest BCUT2D eigenvalue weighted by atomic mass is 9.53. The van der Waals surface area contributed by atoms with Crippen molar-refractivity contribution in [3.8, 4) is 5.75 Å². The fourth-order valence-corrected chi connectivity index (χ4v) is 6.16. The zero-order valence-electron chi connectivity index (χ0n) is 17.1. The zero-order chi connectivity index (χ0) is 19.7. The molecule has 2 fully saturated rings. The van der Waals surface area contributed by atoms with Crippen molar-refractivity contribution in [1.29, 1.82) is 0 Å². The van der Waals surface area contributed by atoms with Crippen LogP contribution in [0.25, 0.3) is 0 Å². The van der Waals surface area contributed by atoms with E-state index in [4.69, 9.17) is 4.74 Å². The van der Waals surface area contributed by atoms with Gasteiger partial charge in [-0.25, -0.2) is 0 Å². The molecule has 1 aliphatic heterocycles. The standard InChI is InChI=1S/C27H29NO/c1-29-26-15-9-8-14-23(26)22-16-17-27(20-10-4-2-5-11-20,21-12-6-3-7-13-21)25-19-28-18-24(22)25/h2-15,22,24-25,28H,16-19H2,1H3. The number of para-hydroxylation sites is 1. The van der Waals surface area contributed by atoms with Crippen molar-refractivity contribution >= 4 is 0 Å². The average molecular weight is 384 g/mol. The minimum Gasteiger partial charge on any atom is -0.496 e. The first-order chi connectivity index (χ1) is 14.3. The number of benzene rings is 3. The highest BCUT2D eigenvalue weighted by molar-refractivity contribution is 5.45. The zero-order valence-corrected chi connectivity index (χ0v) is 17.1. The van der Waals surface area contributed by atoms with Crippen LogP contribution in [0.15, 0.2) is 84.9 Å². The Kier molecular flexibility index (Phi) is 4.89. The van der Waals surface area contributed by atoms with Gasteiger partial charge in [0.15, 0.2) is 0 Å². The summed E-state index contributed by atoms with van der Waals surface area (Å²) in [5, 5.41) is 3.75. The number of nitrogens with one attached hydrogen (secondary N) is 1. The highest BCUT2D eigenvalue weighted by atomic mass is 16.5. The molecule has 3 aromatic carbocycles. The molecule has 0 radical (unpaired) electrons. The molecule has 1 saturated carbocycles. The molecule has 1 saturated heterocycles. The number of hydrogen-bond donors (Lipinski definition) is 1. The number of hydrogen-bond acceptors (Lipinski definition) is 2. The first kappa shape index (κ1) is 18.4. The molecule has 0 spiro atoms. The quantitative estimate of drug-likeness (QED) is 0.652. The summed E-state index contributed by atoms with van der Waals surface area (Å²) in [4.78, 5) is 0. The van der Waals surface area contributed by atoms with E-state index in [-0.39, 0.29) is 5.41 Å². The molecule has 1 N–H and O–H groups in total. The summed E-state index contributed by atoms with van der Waals surface area (Å²) in [6, 6.07) is 31.0. The van der Waals surface area contributed by atoms with Crippen LogP contribution in [0.1, 0.15) is 35.4 Å². The van der Waals surface area contributed by atoms with E-state index in [1.54, 1.807) is 7.11 Å². The van der Waals surface area contributed by atoms with E-state index in [1.165, 1.54) is 23.1 Å². The van der Waals surface area contributed by atoms with Gasteiger partial charge in [0.25, 0.3) is 0 Å². The van der Waals surface area contributed by atoms with E-state index >= 15 is 0 Å². The Balaban J connectivity index is 1.63. The van der Waals surface area contributed by atoms with Crippen LogP contribution in [0.4, 0.5) is 0 Å². The number of rotatable bonds is 4. The Labute approximate surface area is 173 Å². The van der Waals surface area contributed by atoms with Gasteiger partial charge in [0, 0.05) is 5.41 Å². The van der Waals surface area contributed by atoms with Crippen molar-refractivity contribution in [2.45, 2.75) is 24.2 Å². The maximum absolute atomic E-state index is 5.75.